The average molecular weight is 220 g/mol. The lowest BCUT2D eigenvalue weighted by Gasteiger charge is -2.06. The fourth-order valence-corrected chi connectivity index (χ4v) is 1.87. The van der Waals surface area contributed by atoms with E-state index in [2.05, 4.69) is 10.6 Å². The SMILES string of the molecule is CNCC(=O)Nc1ccc2c(c1)CC(C)O2. The second-order valence-corrected chi connectivity index (χ2v) is 4.03. The molecule has 0 aromatic heterocycles. The van der Waals surface area contributed by atoms with E-state index in [1.165, 1.54) is 0 Å². The number of likely N-dealkylation sites (N-methyl/N-ethyl adjacent to an activating group) is 1. The quantitative estimate of drug-likeness (QED) is 0.804. The third kappa shape index (κ3) is 2.33. The summed E-state index contributed by atoms with van der Waals surface area (Å²) in [4.78, 5) is 11.4. The minimum atomic E-state index is -0.0330. The van der Waals surface area contributed by atoms with Crippen molar-refractivity contribution in [3.8, 4) is 5.75 Å². The Balaban J connectivity index is 2.08. The number of fused-ring (bicyclic) bond motifs is 1. The van der Waals surface area contributed by atoms with Gasteiger partial charge in [-0.15, -0.1) is 0 Å². The maximum Gasteiger partial charge on any atom is 0.238 e. The van der Waals surface area contributed by atoms with Gasteiger partial charge in [0.15, 0.2) is 0 Å². The molecule has 0 bridgehead atoms. The van der Waals surface area contributed by atoms with Crippen LogP contribution in [0.5, 0.6) is 5.75 Å². The van der Waals surface area contributed by atoms with Crippen LogP contribution in [0.3, 0.4) is 0 Å². The molecule has 16 heavy (non-hydrogen) atoms. The fourth-order valence-electron chi connectivity index (χ4n) is 1.87. The molecule has 1 aromatic rings. The summed E-state index contributed by atoms with van der Waals surface area (Å²) in [7, 11) is 1.75. The zero-order chi connectivity index (χ0) is 11.5. The topological polar surface area (TPSA) is 50.4 Å². The minimum absolute atomic E-state index is 0.0330. The normalized spacial score (nSPS) is 17.8. The first kappa shape index (κ1) is 11.0. The fraction of sp³-hybridized carbons (Fsp3) is 0.417. The number of ether oxygens (including phenoxy) is 1. The number of anilines is 1. The van der Waals surface area contributed by atoms with Gasteiger partial charge in [-0.25, -0.2) is 0 Å². The third-order valence-corrected chi connectivity index (χ3v) is 2.52. The van der Waals surface area contributed by atoms with Crippen molar-refractivity contribution in [2.24, 2.45) is 0 Å². The van der Waals surface area contributed by atoms with E-state index in [-0.39, 0.29) is 12.0 Å². The highest BCUT2D eigenvalue weighted by molar-refractivity contribution is 5.92. The molecule has 0 aliphatic carbocycles. The van der Waals surface area contributed by atoms with Crippen molar-refractivity contribution in [2.45, 2.75) is 19.4 Å². The zero-order valence-corrected chi connectivity index (χ0v) is 9.54. The smallest absolute Gasteiger partial charge is 0.238 e. The van der Waals surface area contributed by atoms with E-state index in [9.17, 15) is 4.79 Å². The van der Waals surface area contributed by atoms with Gasteiger partial charge in [0, 0.05) is 12.1 Å². The van der Waals surface area contributed by atoms with E-state index in [0.29, 0.717) is 6.54 Å². The van der Waals surface area contributed by atoms with Crippen molar-refractivity contribution < 1.29 is 9.53 Å². The third-order valence-electron chi connectivity index (χ3n) is 2.52. The Hall–Kier alpha value is -1.55. The monoisotopic (exact) mass is 220 g/mol. The predicted molar refractivity (Wildman–Crippen MR) is 62.8 cm³/mol. The summed E-state index contributed by atoms with van der Waals surface area (Å²) in [6.45, 7) is 2.36. The number of hydrogen-bond acceptors (Lipinski definition) is 3. The lowest BCUT2D eigenvalue weighted by Crippen LogP contribution is -2.25. The molecule has 1 unspecified atom stereocenters. The molecule has 0 saturated heterocycles. The van der Waals surface area contributed by atoms with Gasteiger partial charge in [0.2, 0.25) is 5.91 Å². The van der Waals surface area contributed by atoms with Gasteiger partial charge in [0.25, 0.3) is 0 Å². The number of carbonyl (C=O) groups is 1. The van der Waals surface area contributed by atoms with Crippen LogP contribution in [0.4, 0.5) is 5.69 Å². The number of rotatable bonds is 3. The first-order chi connectivity index (χ1) is 7.69. The van der Waals surface area contributed by atoms with Gasteiger partial charge in [-0.2, -0.15) is 0 Å². The Labute approximate surface area is 95.0 Å². The molecule has 0 fully saturated rings. The van der Waals surface area contributed by atoms with E-state index in [4.69, 9.17) is 4.74 Å². The van der Waals surface area contributed by atoms with Gasteiger partial charge in [-0.1, -0.05) is 0 Å². The van der Waals surface area contributed by atoms with Crippen molar-refractivity contribution in [1.82, 2.24) is 5.32 Å². The molecule has 1 aliphatic heterocycles. The lowest BCUT2D eigenvalue weighted by molar-refractivity contribution is -0.115. The highest BCUT2D eigenvalue weighted by atomic mass is 16.5. The van der Waals surface area contributed by atoms with Crippen molar-refractivity contribution in [3.05, 3.63) is 23.8 Å². The van der Waals surface area contributed by atoms with Crippen molar-refractivity contribution in [3.63, 3.8) is 0 Å². The molecular weight excluding hydrogens is 204 g/mol. The molecule has 0 radical (unpaired) electrons. The Bertz CT molecular complexity index is 404. The molecule has 0 saturated carbocycles. The Morgan fingerprint density at radius 2 is 2.38 bits per heavy atom. The number of hydrogen-bond donors (Lipinski definition) is 2. The van der Waals surface area contributed by atoms with Crippen molar-refractivity contribution >= 4 is 11.6 Å². The van der Waals surface area contributed by atoms with Gasteiger partial charge >= 0.3 is 0 Å². The molecule has 1 aromatic carbocycles. The predicted octanol–water partition coefficient (Wildman–Crippen LogP) is 1.17. The summed E-state index contributed by atoms with van der Waals surface area (Å²) in [5.74, 6) is 0.897. The standard InChI is InChI=1S/C12H16N2O2/c1-8-5-9-6-10(3-4-11(9)16-8)14-12(15)7-13-2/h3-4,6,8,13H,5,7H2,1-2H3,(H,14,15). The summed E-state index contributed by atoms with van der Waals surface area (Å²) >= 11 is 0. The molecule has 1 atom stereocenters. The van der Waals surface area contributed by atoms with Crippen LogP contribution >= 0.6 is 0 Å². The van der Waals surface area contributed by atoms with Crippen LogP contribution in [0, 0.1) is 0 Å². The highest BCUT2D eigenvalue weighted by Gasteiger charge is 2.19. The second-order valence-electron chi connectivity index (χ2n) is 4.03. The van der Waals surface area contributed by atoms with Gasteiger partial charge < -0.3 is 15.4 Å². The van der Waals surface area contributed by atoms with Crippen LogP contribution < -0.4 is 15.4 Å². The molecule has 0 spiro atoms. The Kier molecular flexibility index (Phi) is 3.10. The molecule has 1 aliphatic rings. The lowest BCUT2D eigenvalue weighted by atomic mass is 10.1. The largest absolute Gasteiger partial charge is 0.490 e. The van der Waals surface area contributed by atoms with Gasteiger partial charge in [-0.05, 0) is 37.7 Å². The summed E-state index contributed by atoms with van der Waals surface area (Å²) in [5, 5.41) is 5.64. The van der Waals surface area contributed by atoms with Crippen LogP contribution in [0.15, 0.2) is 18.2 Å². The molecule has 4 nitrogen and oxygen atoms in total. The summed E-state index contributed by atoms with van der Waals surface area (Å²) in [6, 6.07) is 5.75. The van der Waals surface area contributed by atoms with E-state index >= 15 is 0 Å². The zero-order valence-electron chi connectivity index (χ0n) is 9.54. The van der Waals surface area contributed by atoms with Gasteiger partial charge in [0.05, 0.1) is 6.54 Å². The summed E-state index contributed by atoms with van der Waals surface area (Å²) in [5.41, 5.74) is 1.99. The van der Waals surface area contributed by atoms with Gasteiger partial charge in [0.1, 0.15) is 11.9 Å². The molecule has 1 heterocycles. The number of nitrogens with one attached hydrogen (secondary N) is 2. The second kappa shape index (κ2) is 4.53. The Morgan fingerprint density at radius 1 is 1.56 bits per heavy atom. The van der Waals surface area contributed by atoms with Crippen LogP contribution in [-0.4, -0.2) is 25.6 Å². The first-order valence-corrected chi connectivity index (χ1v) is 5.43. The van der Waals surface area contributed by atoms with Crippen LogP contribution in [-0.2, 0) is 11.2 Å². The highest BCUT2D eigenvalue weighted by Crippen LogP contribution is 2.30. The molecule has 2 N–H and O–H groups in total. The summed E-state index contributed by atoms with van der Waals surface area (Å²) in [6.07, 6.45) is 1.14. The molecule has 2 rings (SSSR count). The number of benzene rings is 1. The first-order valence-electron chi connectivity index (χ1n) is 5.43. The van der Waals surface area contributed by atoms with E-state index < -0.39 is 0 Å². The minimum Gasteiger partial charge on any atom is -0.490 e. The van der Waals surface area contributed by atoms with Crippen molar-refractivity contribution in [2.75, 3.05) is 18.9 Å². The maximum absolute atomic E-state index is 11.4. The maximum atomic E-state index is 11.4. The number of carbonyl (C=O) groups excluding carboxylic acids is 1. The van der Waals surface area contributed by atoms with E-state index in [1.54, 1.807) is 7.05 Å². The molecule has 86 valence electrons. The van der Waals surface area contributed by atoms with Crippen LogP contribution in [0.2, 0.25) is 0 Å². The molecule has 4 heteroatoms. The van der Waals surface area contributed by atoms with Gasteiger partial charge in [-0.3, -0.25) is 4.79 Å². The van der Waals surface area contributed by atoms with Crippen LogP contribution in [0.1, 0.15) is 12.5 Å². The van der Waals surface area contributed by atoms with E-state index in [0.717, 1.165) is 23.4 Å². The average Bonchev–Trinajstić information content (AvgIpc) is 2.57. The van der Waals surface area contributed by atoms with Crippen LogP contribution in [0.25, 0.3) is 0 Å². The molecule has 1 amide bonds. The van der Waals surface area contributed by atoms with Crippen molar-refractivity contribution in [1.29, 1.82) is 0 Å². The molecular formula is C12H16N2O2. The summed E-state index contributed by atoms with van der Waals surface area (Å²) < 4.78 is 5.59. The van der Waals surface area contributed by atoms with E-state index in [1.807, 2.05) is 25.1 Å². The Morgan fingerprint density at radius 3 is 3.12 bits per heavy atom. The number of amides is 1.